The van der Waals surface area contributed by atoms with Gasteiger partial charge in [-0.2, -0.15) is 5.10 Å². The Morgan fingerprint density at radius 2 is 1.92 bits per heavy atom. The van der Waals surface area contributed by atoms with Gasteiger partial charge in [0.05, 0.1) is 11.4 Å². The molecular weight excluding hydrogens is 322 g/mol. The van der Waals surface area contributed by atoms with Crippen LogP contribution >= 0.6 is 11.3 Å². The van der Waals surface area contributed by atoms with E-state index in [1.165, 1.54) is 15.6 Å². The number of aryl methyl sites for hydroxylation is 2. The minimum Gasteiger partial charge on any atom is -0.326 e. The average molecular weight is 339 g/mol. The highest BCUT2D eigenvalue weighted by atomic mass is 32.1. The topological polar surface area (TPSA) is 64.0 Å². The van der Waals surface area contributed by atoms with Crippen LogP contribution in [0.15, 0.2) is 59.4 Å². The van der Waals surface area contributed by atoms with Gasteiger partial charge >= 0.3 is 0 Å². The minimum absolute atomic E-state index is 0.146. The quantitative estimate of drug-likeness (QED) is 0.776. The van der Waals surface area contributed by atoms with E-state index >= 15 is 0 Å². The number of hydrogen-bond acceptors (Lipinski definition) is 4. The van der Waals surface area contributed by atoms with Crippen molar-refractivity contribution in [3.05, 3.63) is 69.8 Å². The van der Waals surface area contributed by atoms with E-state index in [1.54, 1.807) is 17.4 Å². The molecule has 1 amide bonds. The van der Waals surface area contributed by atoms with E-state index in [0.717, 1.165) is 16.3 Å². The number of amides is 1. The third kappa shape index (κ3) is 3.97. The zero-order chi connectivity index (χ0) is 16.9. The number of para-hydroxylation sites is 1. The van der Waals surface area contributed by atoms with E-state index in [1.807, 2.05) is 49.4 Å². The van der Waals surface area contributed by atoms with Crippen LogP contribution in [-0.4, -0.2) is 15.7 Å². The van der Waals surface area contributed by atoms with Crippen LogP contribution in [0.3, 0.4) is 0 Å². The Labute approximate surface area is 143 Å². The van der Waals surface area contributed by atoms with Crippen molar-refractivity contribution in [2.45, 2.75) is 19.9 Å². The number of carbonyl (C=O) groups excluding carboxylic acids is 1. The second kappa shape index (κ2) is 7.23. The largest absolute Gasteiger partial charge is 0.326 e. The summed E-state index contributed by atoms with van der Waals surface area (Å²) in [5.74, 6) is -0.146. The highest BCUT2D eigenvalue weighted by Crippen LogP contribution is 2.24. The smallest absolute Gasteiger partial charge is 0.266 e. The number of hydrogen-bond donors (Lipinski definition) is 1. The molecule has 0 fully saturated rings. The fraction of sp³-hybridized carbons (Fsp3) is 0.167. The molecule has 0 saturated heterocycles. The molecule has 0 aliphatic heterocycles. The maximum Gasteiger partial charge on any atom is 0.266 e. The van der Waals surface area contributed by atoms with Gasteiger partial charge in [-0.15, -0.1) is 11.3 Å². The highest BCUT2D eigenvalue weighted by molar-refractivity contribution is 7.15. The van der Waals surface area contributed by atoms with Gasteiger partial charge in [0.15, 0.2) is 0 Å². The molecule has 1 N–H and O–H groups in total. The normalized spacial score (nSPS) is 10.5. The van der Waals surface area contributed by atoms with E-state index in [0.29, 0.717) is 0 Å². The average Bonchev–Trinajstić information content (AvgIpc) is 3.01. The van der Waals surface area contributed by atoms with Crippen molar-refractivity contribution < 1.29 is 4.79 Å². The minimum atomic E-state index is -0.209. The standard InChI is InChI=1S/C18H17N3O2S/c1-13-7-9-16(24-13)15-8-10-18(23)21(20-15)12-11-17(22)19-14-5-3-2-4-6-14/h2-10H,11-12H2,1H3,(H,19,22). The summed E-state index contributed by atoms with van der Waals surface area (Å²) in [4.78, 5) is 26.2. The van der Waals surface area contributed by atoms with Crippen LogP contribution in [0.2, 0.25) is 0 Å². The number of rotatable bonds is 5. The zero-order valence-electron chi connectivity index (χ0n) is 13.2. The Bertz CT molecular complexity index is 900. The molecule has 24 heavy (non-hydrogen) atoms. The molecule has 2 heterocycles. The van der Waals surface area contributed by atoms with E-state index in [2.05, 4.69) is 10.4 Å². The molecule has 0 atom stereocenters. The first-order chi connectivity index (χ1) is 11.6. The Kier molecular flexibility index (Phi) is 4.86. The van der Waals surface area contributed by atoms with Crippen LogP contribution in [0, 0.1) is 6.92 Å². The molecule has 122 valence electrons. The predicted molar refractivity (Wildman–Crippen MR) is 96.2 cm³/mol. The molecule has 0 bridgehead atoms. The summed E-state index contributed by atoms with van der Waals surface area (Å²) in [5, 5.41) is 7.17. The van der Waals surface area contributed by atoms with Crippen molar-refractivity contribution in [3.8, 4) is 10.6 Å². The fourth-order valence-electron chi connectivity index (χ4n) is 2.27. The zero-order valence-corrected chi connectivity index (χ0v) is 14.0. The SMILES string of the molecule is Cc1ccc(-c2ccc(=O)n(CCC(=O)Nc3ccccc3)n2)s1. The number of thiophene rings is 1. The molecule has 5 nitrogen and oxygen atoms in total. The molecular formula is C18H17N3O2S. The fourth-order valence-corrected chi connectivity index (χ4v) is 3.10. The molecule has 0 aliphatic rings. The van der Waals surface area contributed by atoms with Gasteiger partial charge in [-0.1, -0.05) is 18.2 Å². The number of benzene rings is 1. The van der Waals surface area contributed by atoms with E-state index in [4.69, 9.17) is 0 Å². The van der Waals surface area contributed by atoms with Gasteiger partial charge in [0.25, 0.3) is 5.56 Å². The van der Waals surface area contributed by atoms with Crippen molar-refractivity contribution in [3.63, 3.8) is 0 Å². The number of carbonyl (C=O) groups is 1. The lowest BCUT2D eigenvalue weighted by atomic mass is 10.3. The van der Waals surface area contributed by atoms with Gasteiger partial charge < -0.3 is 5.32 Å². The molecule has 0 unspecified atom stereocenters. The Morgan fingerprint density at radius 1 is 1.12 bits per heavy atom. The van der Waals surface area contributed by atoms with Crippen LogP contribution in [0.1, 0.15) is 11.3 Å². The van der Waals surface area contributed by atoms with Crippen molar-refractivity contribution >= 4 is 22.9 Å². The number of nitrogens with one attached hydrogen (secondary N) is 1. The molecule has 1 aromatic carbocycles. The third-order valence-electron chi connectivity index (χ3n) is 3.47. The second-order valence-corrected chi connectivity index (χ2v) is 6.64. The molecule has 0 saturated carbocycles. The highest BCUT2D eigenvalue weighted by Gasteiger charge is 2.08. The van der Waals surface area contributed by atoms with Crippen molar-refractivity contribution in [1.29, 1.82) is 0 Å². The van der Waals surface area contributed by atoms with Gasteiger partial charge in [0, 0.05) is 23.1 Å². The van der Waals surface area contributed by atoms with E-state index in [-0.39, 0.29) is 24.4 Å². The molecule has 0 radical (unpaired) electrons. The van der Waals surface area contributed by atoms with Crippen LogP contribution in [-0.2, 0) is 11.3 Å². The number of aromatic nitrogens is 2. The lowest BCUT2D eigenvalue weighted by Crippen LogP contribution is -2.25. The first-order valence-corrected chi connectivity index (χ1v) is 8.43. The van der Waals surface area contributed by atoms with Crippen LogP contribution in [0.4, 0.5) is 5.69 Å². The van der Waals surface area contributed by atoms with E-state index < -0.39 is 0 Å². The summed E-state index contributed by atoms with van der Waals surface area (Å²) in [7, 11) is 0. The van der Waals surface area contributed by atoms with Crippen LogP contribution < -0.4 is 10.9 Å². The summed E-state index contributed by atoms with van der Waals surface area (Å²) < 4.78 is 1.34. The summed E-state index contributed by atoms with van der Waals surface area (Å²) in [6, 6.07) is 16.5. The predicted octanol–water partition coefficient (Wildman–Crippen LogP) is 3.31. The van der Waals surface area contributed by atoms with Gasteiger partial charge in [-0.25, -0.2) is 4.68 Å². The maximum absolute atomic E-state index is 12.0. The second-order valence-electron chi connectivity index (χ2n) is 5.35. The molecule has 0 spiro atoms. The van der Waals surface area contributed by atoms with Gasteiger partial charge in [-0.3, -0.25) is 9.59 Å². The molecule has 6 heteroatoms. The number of nitrogens with zero attached hydrogens (tertiary/aromatic N) is 2. The molecule has 3 rings (SSSR count). The first-order valence-electron chi connectivity index (χ1n) is 7.62. The van der Waals surface area contributed by atoms with Gasteiger partial charge in [0.1, 0.15) is 5.69 Å². The van der Waals surface area contributed by atoms with Crippen LogP contribution in [0.25, 0.3) is 10.6 Å². The summed E-state index contributed by atoms with van der Waals surface area (Å²) in [6.45, 7) is 2.27. The summed E-state index contributed by atoms with van der Waals surface area (Å²) in [6.07, 6.45) is 0.189. The lowest BCUT2D eigenvalue weighted by molar-refractivity contribution is -0.116. The first kappa shape index (κ1) is 16.1. The molecule has 0 aliphatic carbocycles. The summed E-state index contributed by atoms with van der Waals surface area (Å²) >= 11 is 1.62. The van der Waals surface area contributed by atoms with Gasteiger partial charge in [-0.05, 0) is 37.3 Å². The van der Waals surface area contributed by atoms with E-state index in [9.17, 15) is 9.59 Å². The maximum atomic E-state index is 12.0. The Morgan fingerprint density at radius 3 is 2.62 bits per heavy atom. The molecule has 2 aromatic heterocycles. The lowest BCUT2D eigenvalue weighted by Gasteiger charge is -2.07. The summed E-state index contributed by atoms with van der Waals surface area (Å²) in [5.41, 5.74) is 1.28. The van der Waals surface area contributed by atoms with Crippen molar-refractivity contribution in [2.75, 3.05) is 5.32 Å². The van der Waals surface area contributed by atoms with Crippen molar-refractivity contribution in [2.24, 2.45) is 0 Å². The third-order valence-corrected chi connectivity index (χ3v) is 4.49. The molecule has 3 aromatic rings. The van der Waals surface area contributed by atoms with Gasteiger partial charge in [0.2, 0.25) is 5.91 Å². The number of anilines is 1. The Hall–Kier alpha value is -2.73. The van der Waals surface area contributed by atoms with Crippen LogP contribution in [0.5, 0.6) is 0 Å². The monoisotopic (exact) mass is 339 g/mol. The Balaban J connectivity index is 1.68. The van der Waals surface area contributed by atoms with Crippen molar-refractivity contribution in [1.82, 2.24) is 9.78 Å².